The Morgan fingerprint density at radius 1 is 0.815 bits per heavy atom. The molecule has 0 aliphatic carbocycles. The highest BCUT2D eigenvalue weighted by molar-refractivity contribution is 5.94. The lowest BCUT2D eigenvalue weighted by atomic mass is 10.0. The fourth-order valence-corrected chi connectivity index (χ4v) is 2.85. The van der Waals surface area contributed by atoms with Gasteiger partial charge in [0.2, 0.25) is 0 Å². The van der Waals surface area contributed by atoms with Crippen LogP contribution in [0.1, 0.15) is 0 Å². The molecule has 2 heterocycles. The molecule has 0 fully saturated rings. The van der Waals surface area contributed by atoms with Crippen molar-refractivity contribution in [2.24, 2.45) is 0 Å². The average Bonchev–Trinajstić information content (AvgIpc) is 2.70. The molecule has 4 nitrogen and oxygen atoms in total. The highest BCUT2D eigenvalue weighted by atomic mass is 19.2. The lowest BCUT2D eigenvalue weighted by Crippen LogP contribution is -2.01. The van der Waals surface area contributed by atoms with Gasteiger partial charge in [-0.1, -0.05) is 6.07 Å². The molecule has 4 aromatic rings. The van der Waals surface area contributed by atoms with Crippen molar-refractivity contribution in [2.75, 3.05) is 12.4 Å². The molecule has 1 N–H and O–H groups in total. The number of hydrogen-bond donors (Lipinski definition) is 1. The maximum absolute atomic E-state index is 14.8. The number of benzene rings is 2. The Kier molecular flexibility index (Phi) is 4.19. The summed E-state index contributed by atoms with van der Waals surface area (Å²) >= 11 is 0. The molecule has 0 amide bonds. The van der Waals surface area contributed by atoms with Crippen molar-refractivity contribution >= 4 is 16.7 Å². The number of aromatic nitrogens is 3. The minimum atomic E-state index is -0.995. The molecule has 27 heavy (non-hydrogen) atoms. The molecule has 0 aliphatic heterocycles. The van der Waals surface area contributed by atoms with Crippen LogP contribution >= 0.6 is 0 Å². The van der Waals surface area contributed by atoms with Crippen molar-refractivity contribution in [3.05, 3.63) is 72.3 Å². The average molecular weight is 366 g/mol. The van der Waals surface area contributed by atoms with Crippen LogP contribution in [0, 0.1) is 17.5 Å². The first-order chi connectivity index (χ1) is 13.1. The molecule has 0 spiro atoms. The van der Waals surface area contributed by atoms with Crippen LogP contribution in [0.4, 0.5) is 19.0 Å². The molecule has 0 saturated heterocycles. The number of fused-ring (bicyclic) bond motifs is 1. The molecule has 0 unspecified atom stereocenters. The molecule has 7 heteroatoms. The van der Waals surface area contributed by atoms with Gasteiger partial charge in [0.15, 0.2) is 17.5 Å². The highest BCUT2D eigenvalue weighted by Crippen LogP contribution is 2.31. The third-order valence-electron chi connectivity index (χ3n) is 4.16. The van der Waals surface area contributed by atoms with E-state index in [1.54, 1.807) is 37.6 Å². The van der Waals surface area contributed by atoms with Gasteiger partial charge in [-0.3, -0.25) is 4.98 Å². The van der Waals surface area contributed by atoms with Gasteiger partial charge in [0.05, 0.1) is 0 Å². The predicted octanol–water partition coefficient (Wildman–Crippen LogP) is 4.82. The standard InChI is InChI=1S/C20H13F3N4/c1-24-20-14-7-13(11-4-5-15(21)16(22)8-11)9-17(23)18(14)26-19(27-20)12-3-2-6-25-10-12/h2-10H,1H3,(H,24,26,27). The fraction of sp³-hybridized carbons (Fsp3) is 0.0500. The normalized spacial score (nSPS) is 11.0. The zero-order valence-corrected chi connectivity index (χ0v) is 14.2. The van der Waals surface area contributed by atoms with Crippen LogP contribution in [-0.2, 0) is 0 Å². The van der Waals surface area contributed by atoms with E-state index in [9.17, 15) is 13.2 Å². The molecular weight excluding hydrogens is 353 g/mol. The number of rotatable bonds is 3. The number of halogens is 3. The van der Waals surface area contributed by atoms with Crippen LogP contribution in [0.25, 0.3) is 33.4 Å². The molecule has 2 aromatic carbocycles. The Hall–Kier alpha value is -3.48. The molecule has 2 aromatic heterocycles. The van der Waals surface area contributed by atoms with Gasteiger partial charge in [0.1, 0.15) is 17.2 Å². The SMILES string of the molecule is CNc1nc(-c2cccnc2)nc2c(F)cc(-c3ccc(F)c(F)c3)cc12. The summed E-state index contributed by atoms with van der Waals surface area (Å²) in [5.74, 6) is -1.79. The molecule has 0 radical (unpaired) electrons. The smallest absolute Gasteiger partial charge is 0.163 e. The van der Waals surface area contributed by atoms with Crippen molar-refractivity contribution in [1.82, 2.24) is 15.0 Å². The molecule has 0 aliphatic rings. The first kappa shape index (κ1) is 17.0. The van der Waals surface area contributed by atoms with Crippen LogP contribution in [0.15, 0.2) is 54.9 Å². The summed E-state index contributed by atoms with van der Waals surface area (Å²) in [6.45, 7) is 0. The molecule has 4 rings (SSSR count). The van der Waals surface area contributed by atoms with Crippen molar-refractivity contribution in [2.45, 2.75) is 0 Å². The van der Waals surface area contributed by atoms with Gasteiger partial charge < -0.3 is 5.32 Å². The van der Waals surface area contributed by atoms with E-state index in [4.69, 9.17) is 0 Å². The maximum atomic E-state index is 14.8. The van der Waals surface area contributed by atoms with Crippen LogP contribution in [0.5, 0.6) is 0 Å². The third-order valence-corrected chi connectivity index (χ3v) is 4.16. The van der Waals surface area contributed by atoms with Gasteiger partial charge in [-0.15, -0.1) is 0 Å². The molecule has 0 bridgehead atoms. The first-order valence-corrected chi connectivity index (χ1v) is 8.11. The second kappa shape index (κ2) is 6.68. The van der Waals surface area contributed by atoms with Crippen molar-refractivity contribution in [1.29, 1.82) is 0 Å². The van der Waals surface area contributed by atoms with Gasteiger partial charge >= 0.3 is 0 Å². The molecule has 134 valence electrons. The van der Waals surface area contributed by atoms with Gasteiger partial charge in [0.25, 0.3) is 0 Å². The van der Waals surface area contributed by atoms with Crippen LogP contribution < -0.4 is 5.32 Å². The lowest BCUT2D eigenvalue weighted by molar-refractivity contribution is 0.509. The summed E-state index contributed by atoms with van der Waals surface area (Å²) in [5.41, 5.74) is 1.53. The first-order valence-electron chi connectivity index (χ1n) is 8.11. The summed E-state index contributed by atoms with van der Waals surface area (Å²) in [4.78, 5) is 12.8. The van der Waals surface area contributed by atoms with E-state index >= 15 is 0 Å². The zero-order valence-electron chi connectivity index (χ0n) is 14.2. The summed E-state index contributed by atoms with van der Waals surface area (Å²) in [6, 6.07) is 9.83. The number of nitrogens with zero attached hydrogens (tertiary/aromatic N) is 3. The number of nitrogens with one attached hydrogen (secondary N) is 1. The van der Waals surface area contributed by atoms with E-state index in [0.29, 0.717) is 33.7 Å². The summed E-state index contributed by atoms with van der Waals surface area (Å²) < 4.78 is 41.6. The fourth-order valence-electron chi connectivity index (χ4n) is 2.85. The number of anilines is 1. The van der Waals surface area contributed by atoms with E-state index in [1.807, 2.05) is 0 Å². The maximum Gasteiger partial charge on any atom is 0.163 e. The van der Waals surface area contributed by atoms with E-state index in [2.05, 4.69) is 20.3 Å². The molecule has 0 atom stereocenters. The van der Waals surface area contributed by atoms with E-state index < -0.39 is 17.5 Å². The number of pyridine rings is 1. The Balaban J connectivity index is 1.93. The van der Waals surface area contributed by atoms with Crippen LogP contribution in [0.2, 0.25) is 0 Å². The largest absolute Gasteiger partial charge is 0.373 e. The van der Waals surface area contributed by atoms with E-state index in [1.165, 1.54) is 12.1 Å². The Bertz CT molecular complexity index is 1150. The van der Waals surface area contributed by atoms with E-state index in [0.717, 1.165) is 12.1 Å². The Morgan fingerprint density at radius 3 is 2.33 bits per heavy atom. The molecular formula is C20H13F3N4. The molecule has 0 saturated carbocycles. The van der Waals surface area contributed by atoms with Gasteiger partial charge in [-0.2, -0.15) is 0 Å². The summed E-state index contributed by atoms with van der Waals surface area (Å²) in [5, 5.41) is 3.37. The monoisotopic (exact) mass is 366 g/mol. The second-order valence-electron chi connectivity index (χ2n) is 5.87. The van der Waals surface area contributed by atoms with Crippen molar-refractivity contribution < 1.29 is 13.2 Å². The van der Waals surface area contributed by atoms with Crippen LogP contribution in [-0.4, -0.2) is 22.0 Å². The topological polar surface area (TPSA) is 50.7 Å². The Labute approximate surface area is 152 Å². The highest BCUT2D eigenvalue weighted by Gasteiger charge is 2.15. The summed E-state index contributed by atoms with van der Waals surface area (Å²) in [6.07, 6.45) is 3.21. The van der Waals surface area contributed by atoms with Crippen LogP contribution in [0.3, 0.4) is 0 Å². The lowest BCUT2D eigenvalue weighted by Gasteiger charge is -2.11. The second-order valence-corrected chi connectivity index (χ2v) is 5.87. The van der Waals surface area contributed by atoms with Crippen molar-refractivity contribution in [3.8, 4) is 22.5 Å². The minimum absolute atomic E-state index is 0.125. The number of hydrogen-bond acceptors (Lipinski definition) is 4. The zero-order chi connectivity index (χ0) is 19.0. The Morgan fingerprint density at radius 2 is 1.63 bits per heavy atom. The van der Waals surface area contributed by atoms with Gasteiger partial charge in [0, 0.05) is 30.4 Å². The van der Waals surface area contributed by atoms with Gasteiger partial charge in [-0.25, -0.2) is 23.1 Å². The predicted molar refractivity (Wildman–Crippen MR) is 97.6 cm³/mol. The van der Waals surface area contributed by atoms with Gasteiger partial charge in [-0.05, 0) is 47.5 Å². The minimum Gasteiger partial charge on any atom is -0.373 e. The quantitative estimate of drug-likeness (QED) is 0.565. The summed E-state index contributed by atoms with van der Waals surface area (Å²) in [7, 11) is 1.66. The van der Waals surface area contributed by atoms with Crippen molar-refractivity contribution in [3.63, 3.8) is 0 Å². The van der Waals surface area contributed by atoms with E-state index in [-0.39, 0.29) is 5.52 Å². The third kappa shape index (κ3) is 3.08.